The molecule has 0 spiro atoms. The molecule has 2 rings (SSSR count). The zero-order chi connectivity index (χ0) is 20.2. The van der Waals surface area contributed by atoms with Gasteiger partial charge in [0.1, 0.15) is 23.3 Å². The minimum absolute atomic E-state index is 0.343. The van der Waals surface area contributed by atoms with Gasteiger partial charge in [0.2, 0.25) is 10.0 Å². The van der Waals surface area contributed by atoms with Gasteiger partial charge in [0.05, 0.1) is 29.7 Å². The van der Waals surface area contributed by atoms with Crippen LogP contribution in [0.1, 0.15) is 18.4 Å². The Kier molecular flexibility index (Phi) is 6.66. The minimum atomic E-state index is -3.71. The number of anilines is 1. The number of aryl methyl sites for hydroxylation is 1. The Bertz CT molecular complexity index is 918. The maximum Gasteiger partial charge on any atom is 0.263 e. The zero-order valence-corrected chi connectivity index (χ0v) is 17.7. The lowest BCUT2D eigenvalue weighted by Crippen LogP contribution is -2.46. The Hall–Kier alpha value is -2.33. The molecule has 0 saturated carbocycles. The van der Waals surface area contributed by atoms with Crippen molar-refractivity contribution < 1.29 is 22.4 Å². The first-order valence-corrected chi connectivity index (χ1v) is 10.5. The second-order valence-corrected chi connectivity index (χ2v) is 8.43. The molecule has 27 heavy (non-hydrogen) atoms. The first-order chi connectivity index (χ1) is 12.6. The number of halogens is 1. The number of carbonyl (C=O) groups excluding carboxylic acids is 1. The van der Waals surface area contributed by atoms with E-state index < -0.39 is 22.0 Å². The monoisotopic (exact) mass is 457 g/mol. The third-order valence-electron chi connectivity index (χ3n) is 3.66. The zero-order valence-electron chi connectivity index (χ0n) is 15.3. The van der Waals surface area contributed by atoms with Crippen LogP contribution in [0.2, 0.25) is 0 Å². The third-order valence-corrected chi connectivity index (χ3v) is 5.69. The molecule has 1 N–H and O–H groups in total. The lowest BCUT2D eigenvalue weighted by molar-refractivity contribution is -0.121. The standard InChI is InChI=1S/C17H20BrN3O5S/c1-11(17(22)20-19-10-15-9-16(18)12(2)26-15)21(27(4,23)24)13-5-7-14(25-3)8-6-13/h5-11H,1-4H3,(H,20,22)/b19-10+. The molecular formula is C17H20BrN3O5S. The van der Waals surface area contributed by atoms with Crippen LogP contribution in [0.15, 0.2) is 44.3 Å². The molecule has 0 aliphatic carbocycles. The van der Waals surface area contributed by atoms with E-state index >= 15 is 0 Å². The van der Waals surface area contributed by atoms with Crippen LogP contribution in [0.5, 0.6) is 5.75 Å². The van der Waals surface area contributed by atoms with Gasteiger partial charge in [0, 0.05) is 6.07 Å². The number of hydrazone groups is 1. The van der Waals surface area contributed by atoms with Gasteiger partial charge >= 0.3 is 0 Å². The number of amides is 1. The van der Waals surface area contributed by atoms with Crippen molar-refractivity contribution in [3.8, 4) is 5.75 Å². The van der Waals surface area contributed by atoms with E-state index in [-0.39, 0.29) is 0 Å². The largest absolute Gasteiger partial charge is 0.497 e. The summed E-state index contributed by atoms with van der Waals surface area (Å²) in [7, 11) is -2.20. The predicted molar refractivity (Wildman–Crippen MR) is 107 cm³/mol. The SMILES string of the molecule is COc1ccc(N(C(C)C(=O)N/N=C/c2cc(Br)c(C)o2)S(C)(=O)=O)cc1. The van der Waals surface area contributed by atoms with Gasteiger partial charge in [-0.25, -0.2) is 13.8 Å². The maximum atomic E-state index is 12.4. The molecule has 1 heterocycles. The van der Waals surface area contributed by atoms with E-state index in [0.717, 1.165) is 15.0 Å². The Morgan fingerprint density at radius 1 is 1.37 bits per heavy atom. The number of rotatable bonds is 7. The van der Waals surface area contributed by atoms with Crippen LogP contribution in [0.4, 0.5) is 5.69 Å². The van der Waals surface area contributed by atoms with Crippen molar-refractivity contribution >= 4 is 43.8 Å². The number of sulfonamides is 1. The van der Waals surface area contributed by atoms with E-state index in [1.165, 1.54) is 20.2 Å². The molecule has 0 fully saturated rings. The van der Waals surface area contributed by atoms with E-state index in [9.17, 15) is 13.2 Å². The van der Waals surface area contributed by atoms with Gasteiger partial charge in [0.25, 0.3) is 5.91 Å². The third kappa shape index (κ3) is 5.33. The molecule has 0 bridgehead atoms. The molecule has 1 aromatic heterocycles. The highest BCUT2D eigenvalue weighted by Crippen LogP contribution is 2.24. The molecular weight excluding hydrogens is 438 g/mol. The fourth-order valence-corrected chi connectivity index (χ4v) is 3.82. The van der Waals surface area contributed by atoms with Crippen molar-refractivity contribution in [1.29, 1.82) is 0 Å². The molecule has 1 amide bonds. The summed E-state index contributed by atoms with van der Waals surface area (Å²) in [6, 6.07) is 7.05. The van der Waals surface area contributed by atoms with Gasteiger partial charge in [-0.2, -0.15) is 5.10 Å². The van der Waals surface area contributed by atoms with Crippen LogP contribution < -0.4 is 14.5 Å². The number of hydrogen-bond donors (Lipinski definition) is 1. The molecule has 1 unspecified atom stereocenters. The van der Waals surface area contributed by atoms with Gasteiger partial charge in [-0.05, 0) is 54.0 Å². The van der Waals surface area contributed by atoms with E-state index in [1.54, 1.807) is 37.3 Å². The lowest BCUT2D eigenvalue weighted by atomic mass is 10.2. The smallest absolute Gasteiger partial charge is 0.263 e. The van der Waals surface area contributed by atoms with Gasteiger partial charge in [-0.15, -0.1) is 0 Å². The predicted octanol–water partition coefficient (Wildman–Crippen LogP) is 2.66. The topological polar surface area (TPSA) is 101 Å². The van der Waals surface area contributed by atoms with E-state index in [2.05, 4.69) is 26.5 Å². The second-order valence-electron chi connectivity index (χ2n) is 5.72. The summed E-state index contributed by atoms with van der Waals surface area (Å²) in [6.45, 7) is 3.25. The average molecular weight is 458 g/mol. The minimum Gasteiger partial charge on any atom is -0.497 e. The molecule has 0 aliphatic rings. The number of carbonyl (C=O) groups is 1. The van der Waals surface area contributed by atoms with Crippen molar-refractivity contribution in [2.75, 3.05) is 17.7 Å². The van der Waals surface area contributed by atoms with Crippen LogP contribution in [0, 0.1) is 6.92 Å². The van der Waals surface area contributed by atoms with Crippen LogP contribution in [-0.4, -0.2) is 39.9 Å². The number of furan rings is 1. The fraction of sp³-hybridized carbons (Fsp3) is 0.294. The van der Waals surface area contributed by atoms with Gasteiger partial charge in [-0.1, -0.05) is 0 Å². The summed E-state index contributed by atoms with van der Waals surface area (Å²) in [5, 5.41) is 3.82. The number of nitrogens with zero attached hydrogens (tertiary/aromatic N) is 2. The molecule has 0 saturated heterocycles. The molecule has 0 radical (unpaired) electrons. The molecule has 10 heteroatoms. The average Bonchev–Trinajstić information content (AvgIpc) is 2.92. The summed E-state index contributed by atoms with van der Waals surface area (Å²) in [6.07, 6.45) is 2.37. The van der Waals surface area contributed by atoms with Crippen molar-refractivity contribution in [3.05, 3.63) is 46.3 Å². The Labute approximate surface area is 166 Å². The molecule has 0 aliphatic heterocycles. The van der Waals surface area contributed by atoms with Crippen molar-refractivity contribution in [2.24, 2.45) is 5.10 Å². The molecule has 146 valence electrons. The summed E-state index contributed by atoms with van der Waals surface area (Å²) in [5.74, 6) is 1.12. The highest BCUT2D eigenvalue weighted by molar-refractivity contribution is 9.10. The van der Waals surface area contributed by atoms with Crippen molar-refractivity contribution in [3.63, 3.8) is 0 Å². The first-order valence-electron chi connectivity index (χ1n) is 7.85. The quantitative estimate of drug-likeness (QED) is 0.508. The summed E-state index contributed by atoms with van der Waals surface area (Å²) >= 11 is 3.31. The van der Waals surface area contributed by atoms with Crippen molar-refractivity contribution in [1.82, 2.24) is 5.43 Å². The van der Waals surface area contributed by atoms with Gasteiger partial charge in [-0.3, -0.25) is 9.10 Å². The van der Waals surface area contributed by atoms with Crippen LogP contribution >= 0.6 is 15.9 Å². The van der Waals surface area contributed by atoms with Crippen LogP contribution in [0.3, 0.4) is 0 Å². The lowest BCUT2D eigenvalue weighted by Gasteiger charge is -2.27. The number of methoxy groups -OCH3 is 1. The van der Waals surface area contributed by atoms with Crippen LogP contribution in [0.25, 0.3) is 0 Å². The number of benzene rings is 1. The maximum absolute atomic E-state index is 12.4. The molecule has 1 atom stereocenters. The fourth-order valence-electron chi connectivity index (χ4n) is 2.34. The van der Waals surface area contributed by atoms with Crippen LogP contribution in [-0.2, 0) is 14.8 Å². The van der Waals surface area contributed by atoms with E-state index in [4.69, 9.17) is 9.15 Å². The second kappa shape index (κ2) is 8.57. The van der Waals surface area contributed by atoms with Gasteiger partial charge < -0.3 is 9.15 Å². The number of hydrogen-bond acceptors (Lipinski definition) is 6. The van der Waals surface area contributed by atoms with E-state index in [0.29, 0.717) is 23.0 Å². The first kappa shape index (κ1) is 21.0. The molecule has 1 aromatic carbocycles. The summed E-state index contributed by atoms with van der Waals surface area (Å²) < 4.78 is 36.7. The molecule has 2 aromatic rings. The summed E-state index contributed by atoms with van der Waals surface area (Å²) in [4.78, 5) is 12.4. The Morgan fingerprint density at radius 3 is 2.48 bits per heavy atom. The highest BCUT2D eigenvalue weighted by atomic mass is 79.9. The normalized spacial score (nSPS) is 12.8. The number of ether oxygens (including phenoxy) is 1. The van der Waals surface area contributed by atoms with Crippen molar-refractivity contribution in [2.45, 2.75) is 19.9 Å². The summed E-state index contributed by atoms with van der Waals surface area (Å²) in [5.41, 5.74) is 2.67. The van der Waals surface area contributed by atoms with Gasteiger partial charge in [0.15, 0.2) is 0 Å². The highest BCUT2D eigenvalue weighted by Gasteiger charge is 2.29. The van der Waals surface area contributed by atoms with E-state index in [1.807, 2.05) is 0 Å². The molecule has 8 nitrogen and oxygen atoms in total. The number of nitrogens with one attached hydrogen (secondary N) is 1. The Morgan fingerprint density at radius 2 is 2.00 bits per heavy atom. The Balaban J connectivity index is 2.16.